The lowest BCUT2D eigenvalue weighted by Crippen LogP contribution is -2.27. The van der Waals surface area contributed by atoms with Crippen LogP contribution in [0.3, 0.4) is 0 Å². The molecule has 0 unspecified atom stereocenters. The van der Waals surface area contributed by atoms with Gasteiger partial charge in [0, 0.05) is 27.4 Å². The third-order valence-corrected chi connectivity index (χ3v) is 8.28. The van der Waals surface area contributed by atoms with E-state index < -0.39 is 12.6 Å². The standard InChI is InChI=1S/C29H21ClFN5O4S/c1-14-34-22-12-33-25(15-2-3-15)20(11-32)24(22)28(37)36(14)6-7-40-23-5-4-16(30)8-18(23)19-9-17(10-31)35-26-21(29(38)39)13-41-27(19)26/h4-5,8-9,12-13,15H,2-3,6-7,10H2,1H3,(H,38,39). The Hall–Kier alpha value is -4.40. The average molecular weight is 590 g/mol. The molecule has 41 heavy (non-hydrogen) atoms. The Kier molecular flexibility index (Phi) is 6.89. The van der Waals surface area contributed by atoms with Gasteiger partial charge in [0.05, 0.1) is 56.4 Å². The number of nitriles is 1. The van der Waals surface area contributed by atoms with E-state index in [0.29, 0.717) is 43.6 Å². The van der Waals surface area contributed by atoms with Crippen molar-refractivity contribution < 1.29 is 19.0 Å². The molecule has 0 saturated heterocycles. The van der Waals surface area contributed by atoms with Gasteiger partial charge in [0.2, 0.25) is 0 Å². The highest BCUT2D eigenvalue weighted by Crippen LogP contribution is 2.42. The van der Waals surface area contributed by atoms with Gasteiger partial charge >= 0.3 is 5.97 Å². The van der Waals surface area contributed by atoms with E-state index in [1.807, 2.05) is 0 Å². The zero-order chi connectivity index (χ0) is 28.8. The predicted molar refractivity (Wildman–Crippen MR) is 153 cm³/mol. The fourth-order valence-electron chi connectivity index (χ4n) is 4.94. The van der Waals surface area contributed by atoms with Crippen LogP contribution in [0.2, 0.25) is 5.02 Å². The topological polar surface area (TPSA) is 131 Å². The zero-order valence-electron chi connectivity index (χ0n) is 21.6. The van der Waals surface area contributed by atoms with Crippen LogP contribution in [0.4, 0.5) is 4.39 Å². The number of pyridine rings is 2. The number of carboxylic acids is 1. The molecule has 0 aliphatic heterocycles. The Labute approximate surface area is 241 Å². The molecular weight excluding hydrogens is 569 g/mol. The molecule has 4 heterocycles. The highest BCUT2D eigenvalue weighted by atomic mass is 35.5. The number of hydrogen-bond acceptors (Lipinski definition) is 8. The first-order valence-corrected chi connectivity index (χ1v) is 14.0. The van der Waals surface area contributed by atoms with Crippen molar-refractivity contribution in [3.8, 4) is 22.9 Å². The number of halogens is 2. The summed E-state index contributed by atoms with van der Waals surface area (Å²) in [5.74, 6) is -0.0927. The number of alkyl halides is 1. The summed E-state index contributed by atoms with van der Waals surface area (Å²) in [4.78, 5) is 38.4. The van der Waals surface area contributed by atoms with Gasteiger partial charge in [-0.25, -0.2) is 19.2 Å². The molecule has 5 aromatic rings. The van der Waals surface area contributed by atoms with Gasteiger partial charge in [-0.2, -0.15) is 5.26 Å². The largest absolute Gasteiger partial charge is 0.491 e. The number of carbonyl (C=O) groups is 1. The van der Waals surface area contributed by atoms with Gasteiger partial charge in [-0.05, 0) is 44.0 Å². The quantitative estimate of drug-likeness (QED) is 0.232. The molecule has 9 nitrogen and oxygen atoms in total. The van der Waals surface area contributed by atoms with Crippen molar-refractivity contribution >= 4 is 50.0 Å². The number of rotatable bonds is 8. The van der Waals surface area contributed by atoms with Gasteiger partial charge < -0.3 is 9.84 Å². The maximum atomic E-state index is 13.7. The average Bonchev–Trinajstić information content (AvgIpc) is 3.71. The monoisotopic (exact) mass is 589 g/mol. The van der Waals surface area contributed by atoms with Gasteiger partial charge in [0.15, 0.2) is 0 Å². The van der Waals surface area contributed by atoms with Crippen LogP contribution in [0.1, 0.15) is 51.9 Å². The molecule has 12 heteroatoms. The van der Waals surface area contributed by atoms with Crippen LogP contribution in [0.25, 0.3) is 32.2 Å². The van der Waals surface area contributed by atoms with Gasteiger partial charge in [-0.15, -0.1) is 11.3 Å². The molecule has 1 N–H and O–H groups in total. The molecule has 0 bridgehead atoms. The van der Waals surface area contributed by atoms with E-state index in [-0.39, 0.29) is 52.4 Å². The number of carboxylic acid groups (broad SMARTS) is 1. The Morgan fingerprint density at radius 3 is 2.80 bits per heavy atom. The summed E-state index contributed by atoms with van der Waals surface area (Å²) < 4.78 is 21.9. The van der Waals surface area contributed by atoms with Crippen molar-refractivity contribution in [1.29, 1.82) is 5.26 Å². The molecule has 1 aromatic carbocycles. The highest BCUT2D eigenvalue weighted by molar-refractivity contribution is 7.18. The molecule has 0 atom stereocenters. The molecule has 4 aromatic heterocycles. The van der Waals surface area contributed by atoms with Crippen molar-refractivity contribution in [2.24, 2.45) is 0 Å². The second-order valence-corrected chi connectivity index (χ2v) is 11.0. The van der Waals surface area contributed by atoms with Crippen LogP contribution < -0.4 is 10.3 Å². The molecule has 0 spiro atoms. The minimum atomic E-state index is -1.15. The number of aryl methyl sites for hydroxylation is 1. The summed E-state index contributed by atoms with van der Waals surface area (Å²) in [6.07, 6.45) is 3.44. The first kappa shape index (κ1) is 26.8. The predicted octanol–water partition coefficient (Wildman–Crippen LogP) is 6.03. The molecule has 1 aliphatic carbocycles. The number of hydrogen-bond donors (Lipinski definition) is 1. The molecular formula is C29H21ClFN5O4S. The summed E-state index contributed by atoms with van der Waals surface area (Å²) in [7, 11) is 0. The third kappa shape index (κ3) is 4.79. The Balaban J connectivity index is 1.36. The van der Waals surface area contributed by atoms with E-state index in [1.165, 1.54) is 21.3 Å². The van der Waals surface area contributed by atoms with E-state index in [1.54, 1.807) is 37.4 Å². The zero-order valence-corrected chi connectivity index (χ0v) is 23.2. The second kappa shape index (κ2) is 10.5. The Bertz CT molecular complexity index is 1980. The molecule has 1 saturated carbocycles. The minimum absolute atomic E-state index is 0.0125. The van der Waals surface area contributed by atoms with Crippen LogP contribution in [0.5, 0.6) is 5.75 Å². The molecule has 206 valence electrons. The fourth-order valence-corrected chi connectivity index (χ4v) is 6.13. The molecule has 6 rings (SSSR count). The summed E-state index contributed by atoms with van der Waals surface area (Å²) >= 11 is 7.51. The lowest BCUT2D eigenvalue weighted by Gasteiger charge is -2.16. The Morgan fingerprint density at radius 2 is 2.10 bits per heavy atom. The lowest BCUT2D eigenvalue weighted by molar-refractivity contribution is 0.0699. The van der Waals surface area contributed by atoms with Gasteiger partial charge in [-0.3, -0.25) is 14.3 Å². The van der Waals surface area contributed by atoms with Crippen molar-refractivity contribution in [3.05, 3.63) is 79.6 Å². The van der Waals surface area contributed by atoms with Crippen molar-refractivity contribution in [2.45, 2.75) is 38.9 Å². The van der Waals surface area contributed by atoms with E-state index in [4.69, 9.17) is 16.3 Å². The number of fused-ring (bicyclic) bond motifs is 2. The molecule has 1 fully saturated rings. The summed E-state index contributed by atoms with van der Waals surface area (Å²) in [6.45, 7) is 1.04. The van der Waals surface area contributed by atoms with Crippen molar-refractivity contribution in [3.63, 3.8) is 0 Å². The maximum Gasteiger partial charge on any atom is 0.338 e. The summed E-state index contributed by atoms with van der Waals surface area (Å²) in [5, 5.41) is 21.6. The summed E-state index contributed by atoms with van der Waals surface area (Å²) in [5.41, 5.74) is 2.30. The highest BCUT2D eigenvalue weighted by Gasteiger charge is 2.30. The molecule has 0 radical (unpaired) electrons. The van der Waals surface area contributed by atoms with E-state index in [2.05, 4.69) is 21.0 Å². The number of thiophene rings is 1. The smallest absolute Gasteiger partial charge is 0.338 e. The SMILES string of the molecule is Cc1nc2cnc(C3CC3)c(C#N)c2c(=O)n1CCOc1ccc(Cl)cc1-c1cc(CF)nc2c(C(=O)O)csc12. The van der Waals surface area contributed by atoms with Gasteiger partial charge in [0.25, 0.3) is 5.56 Å². The van der Waals surface area contributed by atoms with Gasteiger partial charge in [0.1, 0.15) is 30.9 Å². The third-order valence-electron chi connectivity index (χ3n) is 7.04. The summed E-state index contributed by atoms with van der Waals surface area (Å²) in [6, 6.07) is 8.69. The molecule has 0 amide bonds. The number of nitrogens with zero attached hydrogens (tertiary/aromatic N) is 5. The van der Waals surface area contributed by atoms with E-state index in [0.717, 1.165) is 12.8 Å². The first-order valence-electron chi connectivity index (χ1n) is 12.7. The van der Waals surface area contributed by atoms with Crippen LogP contribution in [-0.4, -0.2) is 37.2 Å². The van der Waals surface area contributed by atoms with Gasteiger partial charge in [-0.1, -0.05) is 11.6 Å². The number of benzene rings is 1. The minimum Gasteiger partial charge on any atom is -0.491 e. The number of aromatic carboxylic acids is 1. The normalized spacial score (nSPS) is 13.0. The second-order valence-electron chi connectivity index (χ2n) is 9.70. The van der Waals surface area contributed by atoms with Crippen LogP contribution in [0, 0.1) is 18.3 Å². The van der Waals surface area contributed by atoms with Crippen molar-refractivity contribution in [1.82, 2.24) is 19.5 Å². The molecule has 1 aliphatic rings. The number of aromatic nitrogens is 4. The Morgan fingerprint density at radius 1 is 1.29 bits per heavy atom. The van der Waals surface area contributed by atoms with Crippen LogP contribution in [0.15, 0.2) is 40.6 Å². The van der Waals surface area contributed by atoms with Crippen LogP contribution in [-0.2, 0) is 13.2 Å². The lowest BCUT2D eigenvalue weighted by atomic mass is 10.0. The van der Waals surface area contributed by atoms with E-state index in [9.17, 15) is 24.3 Å². The van der Waals surface area contributed by atoms with Crippen molar-refractivity contribution in [2.75, 3.05) is 6.61 Å². The first-order chi connectivity index (χ1) is 19.8. The van der Waals surface area contributed by atoms with E-state index >= 15 is 0 Å². The number of ether oxygens (including phenoxy) is 1. The maximum absolute atomic E-state index is 13.7. The fraction of sp³-hybridized carbons (Fsp3) is 0.241. The van der Waals surface area contributed by atoms with Crippen LogP contribution >= 0.6 is 22.9 Å².